The second-order valence-corrected chi connectivity index (χ2v) is 4.29. The summed E-state index contributed by atoms with van der Waals surface area (Å²) in [6.07, 6.45) is -0.447. The molecule has 0 radical (unpaired) electrons. The van der Waals surface area contributed by atoms with E-state index in [1.807, 2.05) is 32.9 Å². The predicted octanol–water partition coefficient (Wildman–Crippen LogP) is 1.93. The van der Waals surface area contributed by atoms with Crippen molar-refractivity contribution < 1.29 is 19.1 Å². The molecular formula is C14H16O4. The maximum absolute atomic E-state index is 12.0. The van der Waals surface area contributed by atoms with Gasteiger partial charge in [0.1, 0.15) is 0 Å². The highest BCUT2D eigenvalue weighted by atomic mass is 16.5. The molecule has 0 aliphatic rings. The molecule has 0 N–H and O–H groups in total. The minimum Gasteiger partial charge on any atom is -0.463 e. The summed E-state index contributed by atoms with van der Waals surface area (Å²) in [5, 5.41) is 0. The third-order valence-corrected chi connectivity index (χ3v) is 2.69. The van der Waals surface area contributed by atoms with E-state index in [0.717, 1.165) is 23.8 Å². The summed E-state index contributed by atoms with van der Waals surface area (Å²) in [5.74, 6) is -2.15. The average Bonchev–Trinajstić information content (AvgIpc) is 2.26. The first-order chi connectivity index (χ1) is 8.36. The first kappa shape index (κ1) is 14.1. The van der Waals surface area contributed by atoms with Crippen LogP contribution in [0.2, 0.25) is 0 Å². The molecule has 18 heavy (non-hydrogen) atoms. The van der Waals surface area contributed by atoms with Crippen LogP contribution in [0.4, 0.5) is 0 Å². The summed E-state index contributed by atoms with van der Waals surface area (Å²) in [5.41, 5.74) is 3.20. The predicted molar refractivity (Wildman–Crippen MR) is 66.6 cm³/mol. The molecule has 0 aliphatic heterocycles. The zero-order valence-electron chi connectivity index (χ0n) is 11.0. The minimum atomic E-state index is -0.981. The van der Waals surface area contributed by atoms with Gasteiger partial charge in [-0.05, 0) is 31.9 Å². The van der Waals surface area contributed by atoms with E-state index in [-0.39, 0.29) is 5.78 Å². The van der Waals surface area contributed by atoms with Crippen molar-refractivity contribution in [3.63, 3.8) is 0 Å². The molecule has 0 fully saturated rings. The van der Waals surface area contributed by atoms with Crippen molar-refractivity contribution in [2.75, 3.05) is 7.11 Å². The Hall–Kier alpha value is -1.97. The van der Waals surface area contributed by atoms with Gasteiger partial charge in [0.25, 0.3) is 0 Å². The van der Waals surface area contributed by atoms with Gasteiger partial charge in [0, 0.05) is 5.56 Å². The zero-order chi connectivity index (χ0) is 13.9. The normalized spacial score (nSPS) is 10.0. The van der Waals surface area contributed by atoms with Gasteiger partial charge >= 0.3 is 5.97 Å². The Morgan fingerprint density at radius 3 is 2.00 bits per heavy atom. The number of carbonyl (C=O) groups excluding carboxylic acids is 3. The Bertz CT molecular complexity index is 492. The number of rotatable bonds is 4. The fourth-order valence-electron chi connectivity index (χ4n) is 2.04. The van der Waals surface area contributed by atoms with Gasteiger partial charge in [-0.1, -0.05) is 17.7 Å². The molecule has 0 bridgehead atoms. The molecule has 0 saturated heterocycles. The van der Waals surface area contributed by atoms with Crippen molar-refractivity contribution >= 4 is 17.5 Å². The number of benzene rings is 1. The van der Waals surface area contributed by atoms with E-state index in [1.54, 1.807) is 0 Å². The van der Waals surface area contributed by atoms with Crippen LogP contribution in [0.3, 0.4) is 0 Å². The fourth-order valence-corrected chi connectivity index (χ4v) is 2.04. The van der Waals surface area contributed by atoms with Gasteiger partial charge in [-0.25, -0.2) is 4.79 Å². The summed E-state index contributed by atoms with van der Waals surface area (Å²) in [4.78, 5) is 34.3. The molecule has 0 spiro atoms. The van der Waals surface area contributed by atoms with Crippen molar-refractivity contribution in [2.24, 2.45) is 0 Å². The zero-order valence-corrected chi connectivity index (χ0v) is 11.0. The highest BCUT2D eigenvalue weighted by Gasteiger charge is 2.21. The van der Waals surface area contributed by atoms with Gasteiger partial charge in [-0.15, -0.1) is 0 Å². The maximum atomic E-state index is 12.0. The van der Waals surface area contributed by atoms with Crippen molar-refractivity contribution in [3.8, 4) is 0 Å². The summed E-state index contributed by atoms with van der Waals surface area (Å²) in [7, 11) is 1.12. The molecule has 4 nitrogen and oxygen atoms in total. The molecule has 0 saturated carbocycles. The third-order valence-electron chi connectivity index (χ3n) is 2.69. The van der Waals surface area contributed by atoms with Gasteiger partial charge in [0.05, 0.1) is 13.5 Å². The second kappa shape index (κ2) is 5.58. The number of hydrogen-bond donors (Lipinski definition) is 0. The van der Waals surface area contributed by atoms with E-state index < -0.39 is 18.2 Å². The van der Waals surface area contributed by atoms with E-state index in [0.29, 0.717) is 5.56 Å². The van der Waals surface area contributed by atoms with E-state index >= 15 is 0 Å². The monoisotopic (exact) mass is 248 g/mol. The largest absolute Gasteiger partial charge is 0.463 e. The van der Waals surface area contributed by atoms with Gasteiger partial charge in [0.2, 0.25) is 5.78 Å². The van der Waals surface area contributed by atoms with Crippen LogP contribution in [0.25, 0.3) is 0 Å². The summed E-state index contributed by atoms with van der Waals surface area (Å²) in [6, 6.07) is 3.76. The van der Waals surface area contributed by atoms with E-state index in [1.165, 1.54) is 0 Å². The Kier molecular flexibility index (Phi) is 4.37. The molecule has 0 unspecified atom stereocenters. The molecule has 1 aromatic carbocycles. The van der Waals surface area contributed by atoms with Crippen molar-refractivity contribution in [3.05, 3.63) is 34.4 Å². The number of ether oxygens (including phenoxy) is 1. The van der Waals surface area contributed by atoms with Crippen LogP contribution >= 0.6 is 0 Å². The average molecular weight is 248 g/mol. The number of Topliss-reactive ketones (excluding diaryl/α,β-unsaturated/α-hetero) is 2. The quantitative estimate of drug-likeness (QED) is 0.353. The number of esters is 1. The molecule has 1 rings (SSSR count). The Labute approximate surface area is 106 Å². The maximum Gasteiger partial charge on any atom is 0.374 e. The molecule has 0 aliphatic carbocycles. The van der Waals surface area contributed by atoms with Crippen LogP contribution in [-0.4, -0.2) is 24.6 Å². The molecule has 1 aromatic rings. The van der Waals surface area contributed by atoms with Crippen molar-refractivity contribution in [1.82, 2.24) is 0 Å². The smallest absolute Gasteiger partial charge is 0.374 e. The van der Waals surface area contributed by atoms with Crippen LogP contribution in [-0.2, 0) is 14.3 Å². The molecule has 0 heterocycles. The van der Waals surface area contributed by atoms with Crippen LogP contribution in [0.15, 0.2) is 12.1 Å². The SMILES string of the molecule is COC(=O)C(=O)CC(=O)c1c(C)cc(C)cc1C. The summed E-state index contributed by atoms with van der Waals surface area (Å²) < 4.78 is 4.29. The Morgan fingerprint density at radius 2 is 1.56 bits per heavy atom. The second-order valence-electron chi connectivity index (χ2n) is 4.29. The van der Waals surface area contributed by atoms with E-state index in [9.17, 15) is 14.4 Å². The molecular weight excluding hydrogens is 232 g/mol. The van der Waals surface area contributed by atoms with Crippen molar-refractivity contribution in [1.29, 1.82) is 0 Å². The standard InChI is InChI=1S/C14H16O4/c1-8-5-9(2)13(10(3)6-8)11(15)7-12(16)14(17)18-4/h5-6H,7H2,1-4H3. The van der Waals surface area contributed by atoms with Crippen LogP contribution in [0.1, 0.15) is 33.5 Å². The highest BCUT2D eigenvalue weighted by molar-refractivity contribution is 6.38. The molecule has 0 atom stereocenters. The highest BCUT2D eigenvalue weighted by Crippen LogP contribution is 2.18. The lowest BCUT2D eigenvalue weighted by molar-refractivity contribution is -0.151. The first-order valence-electron chi connectivity index (χ1n) is 5.59. The summed E-state index contributed by atoms with van der Waals surface area (Å²) in [6.45, 7) is 5.57. The van der Waals surface area contributed by atoms with Gasteiger partial charge < -0.3 is 4.74 Å². The lowest BCUT2D eigenvalue weighted by Crippen LogP contribution is -2.20. The van der Waals surface area contributed by atoms with Gasteiger partial charge in [-0.2, -0.15) is 0 Å². The number of methoxy groups -OCH3 is 1. The molecule has 0 amide bonds. The molecule has 0 aromatic heterocycles. The number of carbonyl (C=O) groups is 3. The Morgan fingerprint density at radius 1 is 1.06 bits per heavy atom. The minimum absolute atomic E-state index is 0.347. The van der Waals surface area contributed by atoms with Crippen LogP contribution in [0, 0.1) is 20.8 Å². The topological polar surface area (TPSA) is 60.4 Å². The lowest BCUT2D eigenvalue weighted by Gasteiger charge is -2.09. The molecule has 4 heteroatoms. The first-order valence-corrected chi connectivity index (χ1v) is 5.59. The van der Waals surface area contributed by atoms with Crippen LogP contribution in [0.5, 0.6) is 0 Å². The fraction of sp³-hybridized carbons (Fsp3) is 0.357. The molecule has 96 valence electrons. The Balaban J connectivity index is 2.99. The lowest BCUT2D eigenvalue weighted by atomic mass is 9.94. The van der Waals surface area contributed by atoms with Crippen LogP contribution < -0.4 is 0 Å². The number of ketones is 2. The number of hydrogen-bond acceptors (Lipinski definition) is 4. The van der Waals surface area contributed by atoms with Crippen molar-refractivity contribution in [2.45, 2.75) is 27.2 Å². The number of aryl methyl sites for hydroxylation is 3. The van der Waals surface area contributed by atoms with E-state index in [4.69, 9.17) is 0 Å². The third kappa shape index (κ3) is 3.03. The van der Waals surface area contributed by atoms with Gasteiger partial charge in [-0.3, -0.25) is 9.59 Å². The van der Waals surface area contributed by atoms with E-state index in [2.05, 4.69) is 4.74 Å². The van der Waals surface area contributed by atoms with Gasteiger partial charge in [0.15, 0.2) is 5.78 Å². The summed E-state index contributed by atoms with van der Waals surface area (Å²) >= 11 is 0.